The highest BCUT2D eigenvalue weighted by atomic mass is 32.1. The van der Waals surface area contributed by atoms with Crippen molar-refractivity contribution in [1.82, 2.24) is 15.1 Å². The number of methoxy groups -OCH3 is 1. The summed E-state index contributed by atoms with van der Waals surface area (Å²) in [5.41, 5.74) is 1.78. The number of nitrogens with zero attached hydrogens (tertiary/aromatic N) is 2. The van der Waals surface area contributed by atoms with Crippen LogP contribution in [0.4, 0.5) is 0 Å². The zero-order chi connectivity index (χ0) is 21.0. The van der Waals surface area contributed by atoms with Crippen molar-refractivity contribution in [3.05, 3.63) is 46.5 Å². The zero-order valence-corrected chi connectivity index (χ0v) is 17.8. The minimum absolute atomic E-state index is 0.325. The van der Waals surface area contributed by atoms with Crippen LogP contribution in [-0.4, -0.2) is 35.4 Å². The standard InChI is InChI=1S/C21H25N3O4S/c1-13(2)11-24-20-17(14(3)23-24)9-18(29-20)21(26)28-12-19(25)22-10-15-6-5-7-16(8-15)27-4/h5-9,13H,10-12H2,1-4H3,(H,22,25). The molecule has 2 aromatic heterocycles. The lowest BCUT2D eigenvalue weighted by molar-refractivity contribution is -0.124. The molecule has 0 unspecified atom stereocenters. The summed E-state index contributed by atoms with van der Waals surface area (Å²) in [7, 11) is 1.59. The third-order valence-electron chi connectivity index (χ3n) is 4.30. The number of amides is 1. The molecule has 1 amide bonds. The van der Waals surface area contributed by atoms with Gasteiger partial charge in [0, 0.05) is 18.5 Å². The SMILES string of the molecule is COc1cccc(CNC(=O)COC(=O)c2cc3c(C)nn(CC(C)C)c3s2)c1. The summed E-state index contributed by atoms with van der Waals surface area (Å²) in [5, 5.41) is 8.22. The van der Waals surface area contributed by atoms with E-state index < -0.39 is 5.97 Å². The average Bonchev–Trinajstić information content (AvgIpc) is 3.26. The van der Waals surface area contributed by atoms with Gasteiger partial charge in [-0.1, -0.05) is 26.0 Å². The van der Waals surface area contributed by atoms with Gasteiger partial charge in [-0.05, 0) is 36.6 Å². The van der Waals surface area contributed by atoms with Gasteiger partial charge in [-0.3, -0.25) is 9.48 Å². The van der Waals surface area contributed by atoms with E-state index in [1.165, 1.54) is 11.3 Å². The van der Waals surface area contributed by atoms with Gasteiger partial charge in [0.15, 0.2) is 6.61 Å². The molecule has 0 atom stereocenters. The molecule has 0 saturated heterocycles. The van der Waals surface area contributed by atoms with Gasteiger partial charge < -0.3 is 14.8 Å². The van der Waals surface area contributed by atoms with Gasteiger partial charge in [0.1, 0.15) is 15.5 Å². The minimum atomic E-state index is -0.502. The Morgan fingerprint density at radius 2 is 2.07 bits per heavy atom. The number of esters is 1. The monoisotopic (exact) mass is 415 g/mol. The maximum Gasteiger partial charge on any atom is 0.348 e. The number of carbonyl (C=O) groups is 2. The van der Waals surface area contributed by atoms with Crippen molar-refractivity contribution in [2.24, 2.45) is 5.92 Å². The van der Waals surface area contributed by atoms with E-state index in [-0.39, 0.29) is 12.5 Å². The molecule has 1 aromatic carbocycles. The molecule has 0 aliphatic rings. The Bertz CT molecular complexity index is 1020. The highest BCUT2D eigenvalue weighted by Crippen LogP contribution is 2.29. The minimum Gasteiger partial charge on any atom is -0.497 e. The van der Waals surface area contributed by atoms with E-state index in [9.17, 15) is 9.59 Å². The molecule has 0 aliphatic heterocycles. The number of thiophene rings is 1. The number of aromatic nitrogens is 2. The highest BCUT2D eigenvalue weighted by molar-refractivity contribution is 7.20. The van der Waals surface area contributed by atoms with Crippen molar-refractivity contribution in [1.29, 1.82) is 0 Å². The molecule has 3 rings (SSSR count). The summed E-state index contributed by atoms with van der Waals surface area (Å²) in [6, 6.07) is 9.20. The largest absolute Gasteiger partial charge is 0.497 e. The van der Waals surface area contributed by atoms with Crippen molar-refractivity contribution in [3.8, 4) is 5.75 Å². The molecule has 3 aromatic rings. The van der Waals surface area contributed by atoms with E-state index in [1.54, 1.807) is 13.2 Å². The molecule has 0 bridgehead atoms. The van der Waals surface area contributed by atoms with E-state index in [1.807, 2.05) is 35.9 Å². The number of fused-ring (bicyclic) bond motifs is 1. The van der Waals surface area contributed by atoms with Crippen LogP contribution in [-0.2, 0) is 22.6 Å². The normalized spacial score (nSPS) is 11.1. The number of aryl methyl sites for hydroxylation is 1. The van der Waals surface area contributed by atoms with E-state index in [0.29, 0.717) is 17.3 Å². The summed E-state index contributed by atoms with van der Waals surface area (Å²) >= 11 is 1.34. The topological polar surface area (TPSA) is 82.4 Å². The lowest BCUT2D eigenvalue weighted by Crippen LogP contribution is -2.28. The third-order valence-corrected chi connectivity index (χ3v) is 5.43. The smallest absolute Gasteiger partial charge is 0.348 e. The van der Waals surface area contributed by atoms with E-state index in [2.05, 4.69) is 24.3 Å². The predicted molar refractivity (Wildman–Crippen MR) is 112 cm³/mol. The van der Waals surface area contributed by atoms with Crippen molar-refractivity contribution in [2.75, 3.05) is 13.7 Å². The van der Waals surface area contributed by atoms with Crippen LogP contribution in [0.2, 0.25) is 0 Å². The Morgan fingerprint density at radius 1 is 1.28 bits per heavy atom. The van der Waals surface area contributed by atoms with Crippen LogP contribution in [0.3, 0.4) is 0 Å². The number of carbonyl (C=O) groups excluding carboxylic acids is 2. The van der Waals surface area contributed by atoms with Crippen molar-refractivity contribution in [3.63, 3.8) is 0 Å². The molecule has 0 aliphatic carbocycles. The summed E-state index contributed by atoms with van der Waals surface area (Å²) in [4.78, 5) is 25.8. The van der Waals surface area contributed by atoms with Crippen LogP contribution in [0, 0.1) is 12.8 Å². The predicted octanol–water partition coefficient (Wildman–Crippen LogP) is 3.54. The fraction of sp³-hybridized carbons (Fsp3) is 0.381. The molecule has 7 nitrogen and oxygen atoms in total. The molecule has 29 heavy (non-hydrogen) atoms. The van der Waals surface area contributed by atoms with Gasteiger partial charge in [-0.25, -0.2) is 4.79 Å². The van der Waals surface area contributed by atoms with E-state index >= 15 is 0 Å². The first kappa shape index (κ1) is 20.9. The first-order valence-electron chi connectivity index (χ1n) is 9.41. The second-order valence-corrected chi connectivity index (χ2v) is 8.23. The molecule has 1 N–H and O–H groups in total. The molecular formula is C21H25N3O4S. The fourth-order valence-corrected chi connectivity index (χ4v) is 3.98. The number of hydrogen-bond donors (Lipinski definition) is 1. The van der Waals surface area contributed by atoms with Gasteiger partial charge in [0.05, 0.1) is 12.8 Å². The molecule has 0 saturated carbocycles. The highest BCUT2D eigenvalue weighted by Gasteiger charge is 2.18. The third kappa shape index (κ3) is 5.14. The average molecular weight is 416 g/mol. The Kier molecular flexibility index (Phi) is 6.53. The lowest BCUT2D eigenvalue weighted by Gasteiger charge is -2.07. The van der Waals surface area contributed by atoms with Crippen LogP contribution >= 0.6 is 11.3 Å². The molecule has 8 heteroatoms. The number of hydrogen-bond acceptors (Lipinski definition) is 6. The Morgan fingerprint density at radius 3 is 2.79 bits per heavy atom. The van der Waals surface area contributed by atoms with Crippen LogP contribution in [0.25, 0.3) is 10.2 Å². The van der Waals surface area contributed by atoms with Gasteiger partial charge >= 0.3 is 5.97 Å². The fourth-order valence-electron chi connectivity index (χ4n) is 2.92. The van der Waals surface area contributed by atoms with Gasteiger partial charge in [-0.2, -0.15) is 5.10 Å². The van der Waals surface area contributed by atoms with Gasteiger partial charge in [-0.15, -0.1) is 11.3 Å². The number of ether oxygens (including phenoxy) is 2. The van der Waals surface area contributed by atoms with E-state index in [4.69, 9.17) is 9.47 Å². The first-order valence-corrected chi connectivity index (χ1v) is 10.2. The molecule has 0 fully saturated rings. The maximum atomic E-state index is 12.4. The van der Waals surface area contributed by atoms with Crippen molar-refractivity contribution >= 4 is 33.4 Å². The zero-order valence-electron chi connectivity index (χ0n) is 17.0. The quantitative estimate of drug-likeness (QED) is 0.569. The van der Waals surface area contributed by atoms with Crippen LogP contribution in [0.5, 0.6) is 5.75 Å². The summed E-state index contributed by atoms with van der Waals surface area (Å²) < 4.78 is 12.3. The van der Waals surface area contributed by atoms with Crippen molar-refractivity contribution < 1.29 is 19.1 Å². The molecule has 0 spiro atoms. The second kappa shape index (κ2) is 9.09. The van der Waals surface area contributed by atoms with Crippen LogP contribution in [0.15, 0.2) is 30.3 Å². The number of benzene rings is 1. The summed E-state index contributed by atoms with van der Waals surface area (Å²) in [6.45, 7) is 6.96. The Balaban J connectivity index is 1.56. The van der Waals surface area contributed by atoms with Crippen molar-refractivity contribution in [2.45, 2.75) is 33.9 Å². The van der Waals surface area contributed by atoms with Gasteiger partial charge in [0.25, 0.3) is 5.91 Å². The van der Waals surface area contributed by atoms with Gasteiger partial charge in [0.2, 0.25) is 0 Å². The summed E-state index contributed by atoms with van der Waals surface area (Å²) in [5.74, 6) is 0.310. The molecule has 2 heterocycles. The second-order valence-electron chi connectivity index (χ2n) is 7.20. The van der Waals surface area contributed by atoms with E-state index in [0.717, 1.165) is 33.8 Å². The number of rotatable bonds is 8. The van der Waals surface area contributed by atoms with Crippen LogP contribution < -0.4 is 10.1 Å². The lowest BCUT2D eigenvalue weighted by atomic mass is 10.2. The first-order chi connectivity index (χ1) is 13.9. The van der Waals surface area contributed by atoms with Crippen LogP contribution in [0.1, 0.15) is 34.8 Å². The number of nitrogens with one attached hydrogen (secondary N) is 1. The maximum absolute atomic E-state index is 12.4. The Hall–Kier alpha value is -2.87. The summed E-state index contributed by atoms with van der Waals surface area (Å²) in [6.07, 6.45) is 0. The Labute approximate surface area is 173 Å². The molecule has 154 valence electrons. The molecule has 0 radical (unpaired) electrons. The molecular weight excluding hydrogens is 390 g/mol.